The molecular weight excluding hydrogens is 282 g/mol. The Morgan fingerprint density at radius 1 is 1.36 bits per heavy atom. The van der Waals surface area contributed by atoms with Gasteiger partial charge in [-0.3, -0.25) is 4.79 Å². The number of aliphatic hydroxyl groups excluding tert-OH is 1. The predicted octanol–water partition coefficient (Wildman–Crippen LogP) is 1.93. The minimum absolute atomic E-state index is 0.0227. The number of fused-ring (bicyclic) bond motifs is 1. The second kappa shape index (κ2) is 8.27. The third kappa shape index (κ3) is 4.43. The molecule has 0 radical (unpaired) electrons. The van der Waals surface area contributed by atoms with E-state index in [4.69, 9.17) is 9.47 Å². The molecule has 0 bridgehead atoms. The van der Waals surface area contributed by atoms with Crippen LogP contribution in [0.4, 0.5) is 0 Å². The van der Waals surface area contributed by atoms with Crippen molar-refractivity contribution in [1.82, 2.24) is 5.32 Å². The van der Waals surface area contributed by atoms with Gasteiger partial charge in [0.1, 0.15) is 6.61 Å². The van der Waals surface area contributed by atoms with E-state index >= 15 is 0 Å². The van der Waals surface area contributed by atoms with Crippen molar-refractivity contribution in [3.63, 3.8) is 0 Å². The summed E-state index contributed by atoms with van der Waals surface area (Å²) in [5.41, 5.74) is 0. The van der Waals surface area contributed by atoms with Gasteiger partial charge in [-0.15, -0.1) is 0 Å². The van der Waals surface area contributed by atoms with Gasteiger partial charge in [-0.2, -0.15) is 0 Å². The molecule has 0 aromatic carbocycles. The molecule has 6 atom stereocenters. The number of likely N-dealkylation sites (N-methyl/N-ethyl adjacent to an activating group) is 1. The lowest BCUT2D eigenvalue weighted by Gasteiger charge is -2.41. The number of rotatable bonds is 5. The molecule has 22 heavy (non-hydrogen) atoms. The zero-order valence-electron chi connectivity index (χ0n) is 14.1. The molecule has 2 fully saturated rings. The van der Waals surface area contributed by atoms with Crippen LogP contribution in [-0.2, 0) is 14.3 Å². The lowest BCUT2D eigenvalue weighted by atomic mass is 9.66. The lowest BCUT2D eigenvalue weighted by molar-refractivity contribution is -0.165. The smallest absolute Gasteiger partial charge is 0.245 e. The summed E-state index contributed by atoms with van der Waals surface area (Å²) in [6.45, 7) is 4.90. The average molecular weight is 313 g/mol. The zero-order chi connectivity index (χ0) is 16.1. The Hall–Kier alpha value is -0.650. The van der Waals surface area contributed by atoms with Crippen LogP contribution >= 0.6 is 0 Å². The van der Waals surface area contributed by atoms with Crippen molar-refractivity contribution in [3.05, 3.63) is 0 Å². The third-order valence-corrected chi connectivity index (χ3v) is 5.57. The Labute approximate surface area is 133 Å². The van der Waals surface area contributed by atoms with Gasteiger partial charge in [0.15, 0.2) is 6.29 Å². The van der Waals surface area contributed by atoms with Gasteiger partial charge in [-0.25, -0.2) is 0 Å². The van der Waals surface area contributed by atoms with Gasteiger partial charge in [-0.05, 0) is 43.9 Å². The molecule has 1 saturated carbocycles. The minimum Gasteiger partial charge on any atom is -0.378 e. The highest BCUT2D eigenvalue weighted by Crippen LogP contribution is 2.44. The minimum atomic E-state index is -0.887. The summed E-state index contributed by atoms with van der Waals surface area (Å²) in [4.78, 5) is 11.3. The van der Waals surface area contributed by atoms with E-state index in [0.29, 0.717) is 23.9 Å². The van der Waals surface area contributed by atoms with E-state index in [1.54, 1.807) is 7.05 Å². The molecule has 2 N–H and O–H groups in total. The molecule has 1 aliphatic heterocycles. The van der Waals surface area contributed by atoms with E-state index in [1.807, 2.05) is 6.92 Å². The Kier molecular flexibility index (Phi) is 6.66. The van der Waals surface area contributed by atoms with Crippen LogP contribution in [0.1, 0.15) is 46.0 Å². The Bertz CT molecular complexity index is 363. The lowest BCUT2D eigenvalue weighted by Crippen LogP contribution is -2.40. The fraction of sp³-hybridized carbons (Fsp3) is 0.941. The summed E-state index contributed by atoms with van der Waals surface area (Å²) in [7, 11) is 1.57. The normalized spacial score (nSPS) is 35.1. The largest absolute Gasteiger partial charge is 0.378 e. The number of nitrogens with one attached hydrogen (secondary N) is 1. The zero-order valence-corrected chi connectivity index (χ0v) is 14.1. The number of hydrogen-bond donors (Lipinski definition) is 2. The van der Waals surface area contributed by atoms with Gasteiger partial charge in [0.05, 0.1) is 12.7 Å². The Morgan fingerprint density at radius 2 is 2.14 bits per heavy atom. The van der Waals surface area contributed by atoms with Crippen molar-refractivity contribution in [1.29, 1.82) is 0 Å². The first-order chi connectivity index (χ1) is 10.5. The molecule has 2 rings (SSSR count). The highest BCUT2D eigenvalue weighted by Gasteiger charge is 2.40. The highest BCUT2D eigenvalue weighted by atomic mass is 16.6. The fourth-order valence-electron chi connectivity index (χ4n) is 4.07. The second-order valence-corrected chi connectivity index (χ2v) is 6.97. The number of ether oxygens (including phenoxy) is 2. The summed E-state index contributed by atoms with van der Waals surface area (Å²) in [6.07, 6.45) is 5.42. The maximum atomic E-state index is 11.3. The van der Waals surface area contributed by atoms with Gasteiger partial charge in [0.25, 0.3) is 0 Å². The monoisotopic (exact) mass is 313 g/mol. The second-order valence-electron chi connectivity index (χ2n) is 6.97. The fourth-order valence-corrected chi connectivity index (χ4v) is 4.07. The third-order valence-electron chi connectivity index (χ3n) is 5.57. The quantitative estimate of drug-likeness (QED) is 0.761. The van der Waals surface area contributed by atoms with Gasteiger partial charge in [0, 0.05) is 13.0 Å². The van der Waals surface area contributed by atoms with Gasteiger partial charge < -0.3 is 19.9 Å². The summed E-state index contributed by atoms with van der Waals surface area (Å²) in [5.74, 6) is 1.43. The summed E-state index contributed by atoms with van der Waals surface area (Å²) >= 11 is 0. The van der Waals surface area contributed by atoms with E-state index in [2.05, 4.69) is 12.2 Å². The van der Waals surface area contributed by atoms with Crippen LogP contribution in [0.5, 0.6) is 0 Å². The topological polar surface area (TPSA) is 67.8 Å². The van der Waals surface area contributed by atoms with Crippen LogP contribution in [-0.4, -0.2) is 43.7 Å². The van der Waals surface area contributed by atoms with Crippen LogP contribution in [0.3, 0.4) is 0 Å². The first-order valence-electron chi connectivity index (χ1n) is 8.64. The van der Waals surface area contributed by atoms with Crippen LogP contribution in [0, 0.1) is 23.7 Å². The molecular formula is C17H31NO4. The Morgan fingerprint density at radius 3 is 2.86 bits per heavy atom. The van der Waals surface area contributed by atoms with E-state index in [0.717, 1.165) is 19.4 Å². The molecule has 5 heteroatoms. The average Bonchev–Trinajstić information content (AvgIpc) is 2.73. The molecule has 0 aromatic heterocycles. The van der Waals surface area contributed by atoms with Crippen LogP contribution in [0.2, 0.25) is 0 Å². The first-order valence-corrected chi connectivity index (χ1v) is 8.64. The number of amides is 1. The van der Waals surface area contributed by atoms with Crippen molar-refractivity contribution in [2.24, 2.45) is 23.7 Å². The van der Waals surface area contributed by atoms with Gasteiger partial charge in [0.2, 0.25) is 5.91 Å². The molecule has 5 nitrogen and oxygen atoms in total. The van der Waals surface area contributed by atoms with E-state index in [9.17, 15) is 9.90 Å². The molecule has 1 saturated heterocycles. The Balaban J connectivity index is 1.94. The van der Waals surface area contributed by atoms with Crippen molar-refractivity contribution in [2.75, 3.05) is 20.3 Å². The van der Waals surface area contributed by atoms with Crippen LogP contribution in [0.25, 0.3) is 0 Å². The first kappa shape index (κ1) is 17.7. The molecule has 6 unspecified atom stereocenters. The number of hydrogen-bond acceptors (Lipinski definition) is 4. The summed E-state index contributed by atoms with van der Waals surface area (Å²) in [6, 6.07) is 0. The van der Waals surface area contributed by atoms with Gasteiger partial charge in [-0.1, -0.05) is 19.8 Å². The SMILES string of the molecule is CNC(=O)COC(O)C(C)C1CCCC2CCC(C)OCC21. The number of carbonyl (C=O) groups excluding carboxylic acids is 1. The molecule has 1 amide bonds. The molecule has 0 spiro atoms. The summed E-state index contributed by atoms with van der Waals surface area (Å²) in [5, 5.41) is 12.8. The maximum absolute atomic E-state index is 11.3. The maximum Gasteiger partial charge on any atom is 0.245 e. The predicted molar refractivity (Wildman–Crippen MR) is 84.2 cm³/mol. The van der Waals surface area contributed by atoms with E-state index in [-0.39, 0.29) is 18.4 Å². The van der Waals surface area contributed by atoms with E-state index < -0.39 is 6.29 Å². The highest BCUT2D eigenvalue weighted by molar-refractivity contribution is 5.76. The molecule has 1 heterocycles. The number of carbonyl (C=O) groups is 1. The van der Waals surface area contributed by atoms with Crippen molar-refractivity contribution in [3.8, 4) is 0 Å². The molecule has 2 aliphatic rings. The van der Waals surface area contributed by atoms with Crippen LogP contribution in [0.15, 0.2) is 0 Å². The van der Waals surface area contributed by atoms with Gasteiger partial charge >= 0.3 is 0 Å². The number of aliphatic hydroxyl groups is 1. The van der Waals surface area contributed by atoms with Crippen molar-refractivity contribution < 1.29 is 19.4 Å². The van der Waals surface area contributed by atoms with Crippen molar-refractivity contribution >= 4 is 5.91 Å². The van der Waals surface area contributed by atoms with Crippen LogP contribution < -0.4 is 5.32 Å². The summed E-state index contributed by atoms with van der Waals surface area (Å²) < 4.78 is 11.3. The molecule has 128 valence electrons. The van der Waals surface area contributed by atoms with Crippen molar-refractivity contribution in [2.45, 2.75) is 58.3 Å². The molecule has 0 aromatic rings. The molecule has 1 aliphatic carbocycles. The standard InChI is InChI=1S/C17H31NO4/c1-11-7-8-13-5-4-6-14(15(13)9-21-11)12(2)17(20)22-10-16(19)18-3/h11-15,17,20H,4-10H2,1-3H3,(H,18,19). The van der Waals surface area contributed by atoms with E-state index in [1.165, 1.54) is 19.3 Å².